The zero-order valence-corrected chi connectivity index (χ0v) is 11.1. The Bertz CT molecular complexity index is 755. The van der Waals surface area contributed by atoms with Crippen LogP contribution in [0.2, 0.25) is 0 Å². The van der Waals surface area contributed by atoms with Gasteiger partial charge in [0.25, 0.3) is 11.7 Å². The molecule has 0 bridgehead atoms. The maximum atomic E-state index is 13.7. The number of benzene rings is 1. The summed E-state index contributed by atoms with van der Waals surface area (Å²) in [6.07, 6.45) is 3.14. The minimum absolute atomic E-state index is 0.0358. The summed E-state index contributed by atoms with van der Waals surface area (Å²) in [5, 5.41) is 0. The normalized spacial score (nSPS) is 14.0. The van der Waals surface area contributed by atoms with E-state index in [-0.39, 0.29) is 17.8 Å². The Kier molecular flexibility index (Phi) is 3.04. The van der Waals surface area contributed by atoms with Crippen molar-refractivity contribution >= 4 is 17.4 Å². The third-order valence-corrected chi connectivity index (χ3v) is 3.45. The number of aromatic nitrogens is 2. The molecule has 1 aromatic heterocycles. The molecule has 1 aliphatic heterocycles. The van der Waals surface area contributed by atoms with Crippen LogP contribution in [0.25, 0.3) is 0 Å². The highest BCUT2D eigenvalue weighted by Gasteiger charge is 2.39. The second kappa shape index (κ2) is 4.76. The number of nitrogens with zero attached hydrogens (tertiary/aromatic N) is 3. The van der Waals surface area contributed by atoms with E-state index in [1.165, 1.54) is 0 Å². The van der Waals surface area contributed by atoms with Crippen LogP contribution in [-0.2, 0) is 17.9 Å². The lowest BCUT2D eigenvalue weighted by Gasteiger charge is -2.17. The van der Waals surface area contributed by atoms with Gasteiger partial charge in [-0.1, -0.05) is 0 Å². The van der Waals surface area contributed by atoms with Gasteiger partial charge in [-0.2, -0.15) is 0 Å². The van der Waals surface area contributed by atoms with Crippen molar-refractivity contribution < 1.29 is 18.4 Å². The average Bonchev–Trinajstić information content (AvgIpc) is 2.97. The molecule has 21 heavy (non-hydrogen) atoms. The number of hydrogen-bond acceptors (Lipinski definition) is 3. The molecule has 0 saturated heterocycles. The van der Waals surface area contributed by atoms with E-state index in [0.29, 0.717) is 18.3 Å². The third kappa shape index (κ3) is 2.01. The fourth-order valence-corrected chi connectivity index (χ4v) is 2.42. The van der Waals surface area contributed by atoms with Crippen molar-refractivity contribution in [3.05, 3.63) is 47.5 Å². The van der Waals surface area contributed by atoms with Crippen molar-refractivity contribution in [3.63, 3.8) is 0 Å². The van der Waals surface area contributed by atoms with Gasteiger partial charge in [0.15, 0.2) is 0 Å². The van der Waals surface area contributed by atoms with Crippen LogP contribution >= 0.6 is 0 Å². The van der Waals surface area contributed by atoms with Gasteiger partial charge in [0, 0.05) is 18.8 Å². The number of hydrogen-bond donors (Lipinski definition) is 0. The highest BCUT2D eigenvalue weighted by atomic mass is 19.1. The topological polar surface area (TPSA) is 55.2 Å². The molecule has 0 radical (unpaired) electrons. The summed E-state index contributed by atoms with van der Waals surface area (Å²) in [6.45, 7) is 2.57. The summed E-state index contributed by atoms with van der Waals surface area (Å²) in [7, 11) is 0. The van der Waals surface area contributed by atoms with Crippen molar-refractivity contribution in [2.24, 2.45) is 0 Å². The molecule has 1 amide bonds. The van der Waals surface area contributed by atoms with Crippen molar-refractivity contribution in [1.29, 1.82) is 0 Å². The van der Waals surface area contributed by atoms with Crippen LogP contribution in [-0.4, -0.2) is 21.2 Å². The van der Waals surface area contributed by atoms with E-state index >= 15 is 0 Å². The van der Waals surface area contributed by atoms with Crippen LogP contribution in [0.1, 0.15) is 23.0 Å². The van der Waals surface area contributed by atoms with Crippen molar-refractivity contribution in [2.45, 2.75) is 20.0 Å². The number of anilines is 1. The minimum Gasteiger partial charge on any atom is -0.333 e. The quantitative estimate of drug-likeness (QED) is 0.812. The van der Waals surface area contributed by atoms with E-state index in [4.69, 9.17) is 0 Å². The van der Waals surface area contributed by atoms with Gasteiger partial charge in [0.05, 0.1) is 29.8 Å². The summed E-state index contributed by atoms with van der Waals surface area (Å²) in [5.74, 6) is -3.67. The fourth-order valence-electron chi connectivity index (χ4n) is 2.42. The molecule has 0 spiro atoms. The van der Waals surface area contributed by atoms with Crippen molar-refractivity contribution in [1.82, 2.24) is 9.55 Å². The van der Waals surface area contributed by atoms with Gasteiger partial charge in [0.1, 0.15) is 11.6 Å². The number of rotatable bonds is 3. The lowest BCUT2D eigenvalue weighted by molar-refractivity contribution is -0.114. The molecular formula is C14H11F2N3O2. The largest absolute Gasteiger partial charge is 0.333 e. The van der Waals surface area contributed by atoms with E-state index in [2.05, 4.69) is 4.98 Å². The second-order valence-electron chi connectivity index (χ2n) is 4.67. The van der Waals surface area contributed by atoms with Gasteiger partial charge in [-0.05, 0) is 13.0 Å². The maximum Gasteiger partial charge on any atom is 0.299 e. The van der Waals surface area contributed by atoms with E-state index in [1.54, 1.807) is 17.1 Å². The van der Waals surface area contributed by atoms with Gasteiger partial charge in [-0.25, -0.2) is 13.8 Å². The zero-order chi connectivity index (χ0) is 15.1. The van der Waals surface area contributed by atoms with Crippen LogP contribution in [0.5, 0.6) is 0 Å². The Morgan fingerprint density at radius 2 is 2.00 bits per heavy atom. The molecule has 2 aromatic rings. The predicted octanol–water partition coefficient (Wildman–Crippen LogP) is 1.91. The number of ketones is 1. The van der Waals surface area contributed by atoms with Crippen LogP contribution in [0.4, 0.5) is 14.5 Å². The minimum atomic E-state index is -1.02. The van der Waals surface area contributed by atoms with Gasteiger partial charge in [0.2, 0.25) is 0 Å². The second-order valence-corrected chi connectivity index (χ2v) is 4.67. The fraction of sp³-hybridized carbons (Fsp3) is 0.214. The van der Waals surface area contributed by atoms with Gasteiger partial charge < -0.3 is 4.57 Å². The lowest BCUT2D eigenvalue weighted by Crippen LogP contribution is -2.30. The number of imidazole rings is 1. The molecule has 1 aliphatic rings. The predicted molar refractivity (Wildman–Crippen MR) is 69.8 cm³/mol. The number of Topliss-reactive ketones (excluding diaryl/α,β-unsaturated/α-hetero) is 1. The molecular weight excluding hydrogens is 280 g/mol. The van der Waals surface area contributed by atoms with Gasteiger partial charge in [-0.3, -0.25) is 14.5 Å². The highest BCUT2D eigenvalue weighted by Crippen LogP contribution is 2.33. The van der Waals surface area contributed by atoms with Crippen LogP contribution in [0.3, 0.4) is 0 Å². The molecule has 0 N–H and O–H groups in total. The lowest BCUT2D eigenvalue weighted by atomic mass is 10.1. The number of amides is 1. The molecule has 7 heteroatoms. The van der Waals surface area contributed by atoms with E-state index in [9.17, 15) is 18.4 Å². The molecule has 3 rings (SSSR count). The number of aryl methyl sites for hydroxylation is 1. The van der Waals surface area contributed by atoms with Crippen molar-refractivity contribution in [3.8, 4) is 0 Å². The smallest absolute Gasteiger partial charge is 0.299 e. The summed E-state index contributed by atoms with van der Waals surface area (Å²) in [6, 6.07) is 1.59. The first-order valence-electron chi connectivity index (χ1n) is 6.37. The first kappa shape index (κ1) is 13.4. The number of carbonyl (C=O) groups excluding carboxylic acids is 2. The molecule has 0 atom stereocenters. The molecule has 5 nitrogen and oxygen atoms in total. The first-order chi connectivity index (χ1) is 10.0. The summed E-state index contributed by atoms with van der Waals surface area (Å²) in [5.41, 5.74) is 0.270. The van der Waals surface area contributed by atoms with E-state index in [0.717, 1.165) is 11.0 Å². The molecule has 108 valence electrons. The molecule has 0 fully saturated rings. The number of fused-ring (bicyclic) bond motifs is 1. The summed E-state index contributed by atoms with van der Waals surface area (Å²) in [4.78, 5) is 28.9. The van der Waals surface area contributed by atoms with Crippen LogP contribution < -0.4 is 4.90 Å². The maximum absolute atomic E-state index is 13.7. The molecule has 0 saturated carbocycles. The Balaban J connectivity index is 2.06. The monoisotopic (exact) mass is 291 g/mol. The molecule has 0 unspecified atom stereocenters. The standard InChI is InChI=1S/C14H11F2N3O2/c1-2-18-7-17-5-9(18)6-19-11-4-8(15)3-10(16)12(11)13(20)14(19)21/h3-5,7H,2,6H2,1H3. The zero-order valence-electron chi connectivity index (χ0n) is 11.1. The molecule has 2 heterocycles. The summed E-state index contributed by atoms with van der Waals surface area (Å²) >= 11 is 0. The summed E-state index contributed by atoms with van der Waals surface area (Å²) < 4.78 is 28.9. The van der Waals surface area contributed by atoms with Gasteiger partial charge >= 0.3 is 0 Å². The number of halogens is 2. The Labute approximate surface area is 118 Å². The first-order valence-corrected chi connectivity index (χ1v) is 6.37. The third-order valence-electron chi connectivity index (χ3n) is 3.45. The van der Waals surface area contributed by atoms with Crippen LogP contribution in [0.15, 0.2) is 24.7 Å². The number of carbonyl (C=O) groups is 2. The van der Waals surface area contributed by atoms with Crippen LogP contribution in [0, 0.1) is 11.6 Å². The average molecular weight is 291 g/mol. The van der Waals surface area contributed by atoms with Crippen molar-refractivity contribution in [2.75, 3.05) is 4.90 Å². The Morgan fingerprint density at radius 3 is 2.71 bits per heavy atom. The molecule has 0 aliphatic carbocycles. The van der Waals surface area contributed by atoms with Gasteiger partial charge in [-0.15, -0.1) is 0 Å². The Hall–Kier alpha value is -2.57. The Morgan fingerprint density at radius 1 is 1.24 bits per heavy atom. The van der Waals surface area contributed by atoms with E-state index < -0.39 is 23.3 Å². The SMILES string of the molecule is CCn1cncc1CN1C(=O)C(=O)c2c(F)cc(F)cc21. The highest BCUT2D eigenvalue weighted by molar-refractivity contribution is 6.52. The van der Waals surface area contributed by atoms with E-state index in [1.807, 2.05) is 6.92 Å². The molecule has 1 aromatic carbocycles.